The fraction of sp³-hybridized carbons (Fsp3) is 0.0833. The van der Waals surface area contributed by atoms with Crippen LogP contribution in [-0.2, 0) is 6.18 Å². The molecule has 1 aromatic carbocycles. The molecule has 0 radical (unpaired) electrons. The maximum Gasteiger partial charge on any atom is 0.419 e. The lowest BCUT2D eigenvalue weighted by Crippen LogP contribution is -2.04. The van der Waals surface area contributed by atoms with Crippen LogP contribution in [0.1, 0.15) is 16.1 Å². The SMILES string of the molecule is O=Cc1ccc(-c2ccc(C(F)(F)F)c(O)c2)o1. The third kappa shape index (κ3) is 2.22. The Morgan fingerprint density at radius 1 is 1.17 bits per heavy atom. The smallest absolute Gasteiger partial charge is 0.419 e. The summed E-state index contributed by atoms with van der Waals surface area (Å²) < 4.78 is 42.3. The van der Waals surface area contributed by atoms with E-state index >= 15 is 0 Å². The number of halogens is 3. The predicted octanol–water partition coefficient (Wildman–Crippen LogP) is 3.48. The minimum atomic E-state index is -4.61. The Kier molecular flexibility index (Phi) is 2.86. The first-order valence-corrected chi connectivity index (χ1v) is 4.87. The molecule has 0 fully saturated rings. The Balaban J connectivity index is 2.43. The normalized spacial score (nSPS) is 11.5. The minimum Gasteiger partial charge on any atom is -0.507 e. The van der Waals surface area contributed by atoms with Crippen LogP contribution in [0, 0.1) is 0 Å². The molecule has 0 aliphatic carbocycles. The van der Waals surface area contributed by atoms with E-state index in [9.17, 15) is 23.1 Å². The number of aldehydes is 1. The lowest BCUT2D eigenvalue weighted by molar-refractivity contribution is -0.138. The van der Waals surface area contributed by atoms with Crippen molar-refractivity contribution < 1.29 is 27.5 Å². The average molecular weight is 256 g/mol. The number of aromatic hydroxyl groups is 1. The van der Waals surface area contributed by atoms with Gasteiger partial charge in [0.2, 0.25) is 0 Å². The fourth-order valence-electron chi connectivity index (χ4n) is 1.50. The third-order valence-electron chi connectivity index (χ3n) is 2.33. The van der Waals surface area contributed by atoms with Crippen LogP contribution in [0.3, 0.4) is 0 Å². The molecule has 1 aromatic heterocycles. The van der Waals surface area contributed by atoms with E-state index in [0.717, 1.165) is 18.2 Å². The van der Waals surface area contributed by atoms with Gasteiger partial charge in [0.05, 0.1) is 5.56 Å². The molecule has 0 aliphatic heterocycles. The Hall–Kier alpha value is -2.24. The molecule has 0 unspecified atom stereocenters. The number of hydrogen-bond donors (Lipinski definition) is 1. The number of benzene rings is 1. The van der Waals surface area contributed by atoms with Gasteiger partial charge in [0.25, 0.3) is 0 Å². The number of alkyl halides is 3. The van der Waals surface area contributed by atoms with Crippen LogP contribution in [0.5, 0.6) is 5.75 Å². The van der Waals surface area contributed by atoms with Gasteiger partial charge in [-0.25, -0.2) is 0 Å². The number of hydrogen-bond acceptors (Lipinski definition) is 3. The summed E-state index contributed by atoms with van der Waals surface area (Å²) in [7, 11) is 0. The Morgan fingerprint density at radius 3 is 2.39 bits per heavy atom. The van der Waals surface area contributed by atoms with Gasteiger partial charge in [-0.1, -0.05) is 6.07 Å². The van der Waals surface area contributed by atoms with Gasteiger partial charge in [-0.2, -0.15) is 13.2 Å². The minimum absolute atomic E-state index is 0.0596. The van der Waals surface area contributed by atoms with E-state index in [4.69, 9.17) is 4.42 Å². The van der Waals surface area contributed by atoms with Crippen molar-refractivity contribution in [1.82, 2.24) is 0 Å². The van der Waals surface area contributed by atoms with Crippen molar-refractivity contribution in [3.63, 3.8) is 0 Å². The summed E-state index contributed by atoms with van der Waals surface area (Å²) in [5.74, 6) is -0.616. The molecule has 2 rings (SSSR count). The molecule has 3 nitrogen and oxygen atoms in total. The third-order valence-corrected chi connectivity index (χ3v) is 2.33. The van der Waals surface area contributed by atoms with Crippen LogP contribution in [0.2, 0.25) is 0 Å². The molecule has 0 bridgehead atoms. The highest BCUT2D eigenvalue weighted by Crippen LogP contribution is 2.37. The maximum absolute atomic E-state index is 12.4. The van der Waals surface area contributed by atoms with Crippen LogP contribution in [-0.4, -0.2) is 11.4 Å². The molecule has 0 spiro atoms. The van der Waals surface area contributed by atoms with Crippen molar-refractivity contribution in [2.75, 3.05) is 0 Å². The summed E-state index contributed by atoms with van der Waals surface area (Å²) in [4.78, 5) is 10.4. The van der Waals surface area contributed by atoms with Gasteiger partial charge in [-0.3, -0.25) is 4.79 Å². The van der Waals surface area contributed by atoms with Gasteiger partial charge >= 0.3 is 6.18 Å². The van der Waals surface area contributed by atoms with Crippen molar-refractivity contribution in [1.29, 1.82) is 0 Å². The van der Waals surface area contributed by atoms with Crippen molar-refractivity contribution in [3.05, 3.63) is 41.7 Å². The summed E-state index contributed by atoms with van der Waals surface area (Å²) in [5, 5.41) is 9.32. The number of phenolic OH excluding ortho intramolecular Hbond substituents is 1. The molecule has 6 heteroatoms. The molecule has 0 amide bonds. The second kappa shape index (κ2) is 4.21. The van der Waals surface area contributed by atoms with E-state index in [0.29, 0.717) is 6.29 Å². The highest BCUT2D eigenvalue weighted by atomic mass is 19.4. The highest BCUT2D eigenvalue weighted by molar-refractivity contribution is 5.73. The van der Waals surface area contributed by atoms with Crippen molar-refractivity contribution in [2.24, 2.45) is 0 Å². The molecule has 0 saturated carbocycles. The average Bonchev–Trinajstić information content (AvgIpc) is 2.75. The molecule has 94 valence electrons. The molecule has 1 N–H and O–H groups in total. The van der Waals surface area contributed by atoms with Crippen LogP contribution in [0.15, 0.2) is 34.7 Å². The van der Waals surface area contributed by atoms with Crippen molar-refractivity contribution >= 4 is 6.29 Å². The quantitative estimate of drug-likeness (QED) is 0.837. The first kappa shape index (κ1) is 12.2. The summed E-state index contributed by atoms with van der Waals surface area (Å²) in [5.41, 5.74) is -0.859. The second-order valence-electron chi connectivity index (χ2n) is 3.55. The number of carbonyl (C=O) groups excluding carboxylic acids is 1. The zero-order valence-electron chi connectivity index (χ0n) is 8.86. The summed E-state index contributed by atoms with van der Waals surface area (Å²) in [6, 6.07) is 5.68. The fourth-order valence-corrected chi connectivity index (χ4v) is 1.50. The number of phenols is 1. The van der Waals surface area contributed by atoms with E-state index in [1.165, 1.54) is 12.1 Å². The molecule has 0 atom stereocenters. The number of furan rings is 1. The van der Waals surface area contributed by atoms with Gasteiger partial charge in [-0.05, 0) is 24.3 Å². The van der Waals surface area contributed by atoms with Crippen molar-refractivity contribution in [3.8, 4) is 17.1 Å². The Labute approximate surface area is 99.5 Å². The Morgan fingerprint density at radius 2 is 1.89 bits per heavy atom. The van der Waals surface area contributed by atoms with E-state index in [-0.39, 0.29) is 17.1 Å². The lowest BCUT2D eigenvalue weighted by Gasteiger charge is -2.09. The van der Waals surface area contributed by atoms with E-state index in [1.807, 2.05) is 0 Å². The van der Waals surface area contributed by atoms with Gasteiger partial charge in [0.15, 0.2) is 12.0 Å². The molecule has 2 aromatic rings. The monoisotopic (exact) mass is 256 g/mol. The largest absolute Gasteiger partial charge is 0.507 e. The second-order valence-corrected chi connectivity index (χ2v) is 3.55. The Bertz CT molecular complexity index is 584. The molecule has 18 heavy (non-hydrogen) atoms. The van der Waals surface area contributed by atoms with Crippen LogP contribution in [0.4, 0.5) is 13.2 Å². The molecular weight excluding hydrogens is 249 g/mol. The number of rotatable bonds is 2. The van der Waals surface area contributed by atoms with Crippen molar-refractivity contribution in [2.45, 2.75) is 6.18 Å². The molecule has 1 heterocycles. The molecule has 0 saturated heterocycles. The maximum atomic E-state index is 12.4. The summed E-state index contributed by atoms with van der Waals surface area (Å²) >= 11 is 0. The van der Waals surface area contributed by atoms with Crippen LogP contribution in [0.25, 0.3) is 11.3 Å². The van der Waals surface area contributed by atoms with Gasteiger partial charge < -0.3 is 9.52 Å². The lowest BCUT2D eigenvalue weighted by atomic mass is 10.1. The predicted molar refractivity (Wildman–Crippen MR) is 56.2 cm³/mol. The topological polar surface area (TPSA) is 50.4 Å². The summed E-state index contributed by atoms with van der Waals surface area (Å²) in [6.45, 7) is 0. The highest BCUT2D eigenvalue weighted by Gasteiger charge is 2.33. The van der Waals surface area contributed by atoms with E-state index in [1.54, 1.807) is 0 Å². The van der Waals surface area contributed by atoms with E-state index in [2.05, 4.69) is 0 Å². The zero-order chi connectivity index (χ0) is 13.3. The van der Waals surface area contributed by atoms with Crippen LogP contribution >= 0.6 is 0 Å². The van der Waals surface area contributed by atoms with Crippen LogP contribution < -0.4 is 0 Å². The van der Waals surface area contributed by atoms with Gasteiger partial charge in [0.1, 0.15) is 11.5 Å². The summed E-state index contributed by atoms with van der Waals surface area (Å²) in [6.07, 6.45) is -4.13. The van der Waals surface area contributed by atoms with Gasteiger partial charge in [-0.15, -0.1) is 0 Å². The molecule has 0 aliphatic rings. The zero-order valence-corrected chi connectivity index (χ0v) is 8.86. The number of carbonyl (C=O) groups is 1. The first-order valence-electron chi connectivity index (χ1n) is 4.87. The standard InChI is InChI=1S/C12H7F3O3/c13-12(14,15)9-3-1-7(5-10(9)17)11-4-2-8(6-16)18-11/h1-6,17H. The molecular formula is C12H7F3O3. The van der Waals surface area contributed by atoms with E-state index < -0.39 is 17.5 Å². The van der Waals surface area contributed by atoms with Gasteiger partial charge in [0, 0.05) is 5.56 Å². The first-order chi connectivity index (χ1) is 8.41.